The summed E-state index contributed by atoms with van der Waals surface area (Å²) >= 11 is 1.49. The van der Waals surface area contributed by atoms with Crippen LogP contribution in [0.1, 0.15) is 48.7 Å². The summed E-state index contributed by atoms with van der Waals surface area (Å²) in [5.74, 6) is 0.535. The Bertz CT molecular complexity index is 772. The van der Waals surface area contributed by atoms with Crippen LogP contribution in [0.2, 0.25) is 0 Å². The molecule has 1 atom stereocenters. The van der Waals surface area contributed by atoms with E-state index in [1.54, 1.807) is 0 Å². The van der Waals surface area contributed by atoms with Crippen molar-refractivity contribution < 1.29 is 4.79 Å². The average molecular weight is 342 g/mol. The van der Waals surface area contributed by atoms with Crippen LogP contribution >= 0.6 is 11.5 Å². The first kappa shape index (κ1) is 15.7. The van der Waals surface area contributed by atoms with Crippen LogP contribution in [0.4, 0.5) is 5.69 Å². The third-order valence-corrected chi connectivity index (χ3v) is 5.92. The van der Waals surface area contributed by atoms with Crippen molar-refractivity contribution in [3.63, 3.8) is 0 Å². The van der Waals surface area contributed by atoms with Gasteiger partial charge >= 0.3 is 0 Å². The van der Waals surface area contributed by atoms with Gasteiger partial charge in [-0.05, 0) is 48.5 Å². The molecule has 0 saturated carbocycles. The minimum atomic E-state index is -0.398. The molecule has 24 heavy (non-hydrogen) atoms. The molecule has 0 unspecified atom stereocenters. The molecule has 5 nitrogen and oxygen atoms in total. The molecule has 3 heterocycles. The third kappa shape index (κ3) is 2.45. The second-order valence-electron chi connectivity index (χ2n) is 7.13. The lowest BCUT2D eigenvalue weighted by atomic mass is 9.75. The minimum Gasteiger partial charge on any atom is -0.325 e. The second-order valence-corrected chi connectivity index (χ2v) is 7.97. The zero-order valence-corrected chi connectivity index (χ0v) is 14.9. The number of hydrogen-bond acceptors (Lipinski definition) is 5. The fourth-order valence-electron chi connectivity index (χ4n) is 4.02. The molecule has 6 heteroatoms. The quantitative estimate of drug-likeness (QED) is 0.931. The first-order valence-corrected chi connectivity index (χ1v) is 9.32. The van der Waals surface area contributed by atoms with Gasteiger partial charge in [-0.15, -0.1) is 5.10 Å². The smallest absolute Gasteiger partial charge is 0.236 e. The van der Waals surface area contributed by atoms with Gasteiger partial charge in [0.25, 0.3) is 0 Å². The van der Waals surface area contributed by atoms with Gasteiger partial charge in [-0.25, -0.2) is 0 Å². The molecule has 1 saturated heterocycles. The van der Waals surface area contributed by atoms with Crippen LogP contribution in [0, 0.1) is 0 Å². The topological polar surface area (TPSA) is 58.1 Å². The number of carbonyl (C=O) groups excluding carboxylic acids is 1. The Labute approximate surface area is 146 Å². The van der Waals surface area contributed by atoms with Crippen molar-refractivity contribution in [2.45, 2.75) is 44.6 Å². The van der Waals surface area contributed by atoms with E-state index >= 15 is 0 Å². The van der Waals surface area contributed by atoms with E-state index in [-0.39, 0.29) is 5.91 Å². The molecule has 126 valence electrons. The highest BCUT2D eigenvalue weighted by molar-refractivity contribution is 7.05. The average Bonchev–Trinajstić information content (AvgIpc) is 3.12. The number of likely N-dealkylation sites (tertiary alicyclic amines) is 1. The molecule has 0 aliphatic carbocycles. The number of anilines is 1. The molecule has 1 aromatic carbocycles. The first-order valence-electron chi connectivity index (χ1n) is 8.54. The summed E-state index contributed by atoms with van der Waals surface area (Å²) < 4.78 is 4.13. The van der Waals surface area contributed by atoms with E-state index in [0.29, 0.717) is 5.92 Å². The second kappa shape index (κ2) is 5.93. The molecule has 1 aromatic heterocycles. The van der Waals surface area contributed by atoms with Crippen LogP contribution in [0.5, 0.6) is 0 Å². The number of benzene rings is 1. The van der Waals surface area contributed by atoms with Gasteiger partial charge in [0.1, 0.15) is 0 Å². The summed E-state index contributed by atoms with van der Waals surface area (Å²) in [5, 5.41) is 7.36. The van der Waals surface area contributed by atoms with E-state index in [0.717, 1.165) is 49.4 Å². The van der Waals surface area contributed by atoms with Gasteiger partial charge in [0, 0.05) is 18.8 Å². The van der Waals surface area contributed by atoms with E-state index in [9.17, 15) is 4.79 Å². The number of fused-ring (bicyclic) bond motifs is 2. The summed E-state index contributed by atoms with van der Waals surface area (Å²) in [4.78, 5) is 16.4. The van der Waals surface area contributed by atoms with Crippen molar-refractivity contribution in [3.05, 3.63) is 40.4 Å². The maximum absolute atomic E-state index is 12.8. The maximum atomic E-state index is 12.8. The lowest BCUT2D eigenvalue weighted by Crippen LogP contribution is -2.49. The number of carbonyl (C=O) groups is 1. The summed E-state index contributed by atoms with van der Waals surface area (Å²) in [7, 11) is 0. The zero-order chi connectivity index (χ0) is 16.7. The van der Waals surface area contributed by atoms with Gasteiger partial charge in [-0.1, -0.05) is 36.5 Å². The number of rotatable bonds is 3. The highest BCUT2D eigenvalue weighted by atomic mass is 32.1. The van der Waals surface area contributed by atoms with Crippen molar-refractivity contribution in [3.8, 4) is 0 Å². The fraction of sp³-hybridized carbons (Fsp3) is 0.500. The number of para-hydroxylation sites is 1. The van der Waals surface area contributed by atoms with Crippen LogP contribution in [0.3, 0.4) is 0 Å². The molecular formula is C18H22N4OS. The highest BCUT2D eigenvalue weighted by Crippen LogP contribution is 2.44. The van der Waals surface area contributed by atoms with Gasteiger partial charge in [-0.2, -0.15) is 0 Å². The number of piperidine rings is 1. The Morgan fingerprint density at radius 1 is 1.38 bits per heavy atom. The molecular weight excluding hydrogens is 320 g/mol. The van der Waals surface area contributed by atoms with Crippen LogP contribution < -0.4 is 5.32 Å². The summed E-state index contributed by atoms with van der Waals surface area (Å²) in [6.07, 6.45) is 1.95. The van der Waals surface area contributed by atoms with Crippen LogP contribution in [-0.4, -0.2) is 33.5 Å². The SMILES string of the molecule is CC(C)c1nnsc1CN1CCC[C@@]2(C1)C(=O)Nc1ccccc12. The van der Waals surface area contributed by atoms with E-state index < -0.39 is 5.41 Å². The molecule has 1 spiro atoms. The van der Waals surface area contributed by atoms with Gasteiger partial charge in [0.2, 0.25) is 5.91 Å². The zero-order valence-electron chi connectivity index (χ0n) is 14.1. The normalized spacial score (nSPS) is 23.7. The summed E-state index contributed by atoms with van der Waals surface area (Å²) in [6.45, 7) is 6.93. The first-order chi connectivity index (χ1) is 11.6. The number of nitrogens with one attached hydrogen (secondary N) is 1. The van der Waals surface area contributed by atoms with Crippen LogP contribution in [0.25, 0.3) is 0 Å². The Balaban J connectivity index is 1.60. The molecule has 1 fully saturated rings. The monoisotopic (exact) mass is 342 g/mol. The predicted molar refractivity (Wildman–Crippen MR) is 95.3 cm³/mol. The van der Waals surface area contributed by atoms with Crippen molar-refractivity contribution in [1.82, 2.24) is 14.5 Å². The largest absolute Gasteiger partial charge is 0.325 e. The van der Waals surface area contributed by atoms with Crippen molar-refractivity contribution in [2.24, 2.45) is 0 Å². The molecule has 2 aliphatic heterocycles. The predicted octanol–water partition coefficient (Wildman–Crippen LogP) is 3.15. The van der Waals surface area contributed by atoms with Gasteiger partial charge in [-0.3, -0.25) is 9.69 Å². The number of nitrogens with zero attached hydrogens (tertiary/aromatic N) is 3. The molecule has 1 amide bonds. The van der Waals surface area contributed by atoms with E-state index in [1.807, 2.05) is 18.2 Å². The highest BCUT2D eigenvalue weighted by Gasteiger charge is 2.48. The van der Waals surface area contributed by atoms with Crippen LogP contribution in [-0.2, 0) is 16.8 Å². The Morgan fingerprint density at radius 2 is 2.21 bits per heavy atom. The Morgan fingerprint density at radius 3 is 3.04 bits per heavy atom. The van der Waals surface area contributed by atoms with Gasteiger partial charge < -0.3 is 5.32 Å². The number of aromatic nitrogens is 2. The third-order valence-electron chi connectivity index (χ3n) is 5.20. The summed E-state index contributed by atoms with van der Waals surface area (Å²) in [5.41, 5.74) is 2.83. The Hall–Kier alpha value is -1.79. The molecule has 0 radical (unpaired) electrons. The van der Waals surface area contributed by atoms with Crippen molar-refractivity contribution in [1.29, 1.82) is 0 Å². The molecule has 4 rings (SSSR count). The maximum Gasteiger partial charge on any atom is 0.236 e. The van der Waals surface area contributed by atoms with Crippen LogP contribution in [0.15, 0.2) is 24.3 Å². The van der Waals surface area contributed by atoms with Crippen molar-refractivity contribution in [2.75, 3.05) is 18.4 Å². The fourth-order valence-corrected chi connectivity index (χ4v) is 4.86. The minimum absolute atomic E-state index is 0.153. The van der Waals surface area contributed by atoms with E-state index in [2.05, 4.69) is 39.7 Å². The lowest BCUT2D eigenvalue weighted by Gasteiger charge is -2.39. The summed E-state index contributed by atoms with van der Waals surface area (Å²) in [6, 6.07) is 8.12. The lowest BCUT2D eigenvalue weighted by molar-refractivity contribution is -0.122. The molecule has 1 N–H and O–H groups in total. The molecule has 2 aliphatic rings. The Kier molecular flexibility index (Phi) is 3.89. The van der Waals surface area contributed by atoms with Gasteiger partial charge in [0.15, 0.2) is 0 Å². The van der Waals surface area contributed by atoms with Crippen molar-refractivity contribution >= 4 is 23.1 Å². The van der Waals surface area contributed by atoms with E-state index in [1.165, 1.54) is 16.4 Å². The number of hydrogen-bond donors (Lipinski definition) is 1. The van der Waals surface area contributed by atoms with Gasteiger partial charge in [0.05, 0.1) is 16.0 Å². The number of amides is 1. The van der Waals surface area contributed by atoms with E-state index in [4.69, 9.17) is 0 Å². The standard InChI is InChI=1S/C18H22N4OS/c1-12(2)16-15(24-21-20-16)10-22-9-5-8-18(11-22)13-6-3-4-7-14(13)19-17(18)23/h3-4,6-7,12H,5,8-11H2,1-2H3,(H,19,23)/t18-/m0/s1. The molecule has 2 aromatic rings. The molecule has 0 bridgehead atoms.